The monoisotopic (exact) mass is 493 g/mol. The first-order valence-corrected chi connectivity index (χ1v) is 11.1. The number of amides is 2. The fourth-order valence-electron chi connectivity index (χ4n) is 3.62. The van der Waals surface area contributed by atoms with E-state index in [1.165, 1.54) is 21.7 Å². The van der Waals surface area contributed by atoms with Gasteiger partial charge in [-0.1, -0.05) is 23.7 Å². The maximum absolute atomic E-state index is 13.4. The predicted molar refractivity (Wildman–Crippen MR) is 118 cm³/mol. The van der Waals surface area contributed by atoms with Crippen molar-refractivity contribution in [3.05, 3.63) is 69.2 Å². The first kappa shape index (κ1) is 22.0. The van der Waals surface area contributed by atoms with Crippen molar-refractivity contribution < 1.29 is 27.5 Å². The van der Waals surface area contributed by atoms with Gasteiger partial charge < -0.3 is 4.74 Å². The quantitative estimate of drug-likeness (QED) is 0.361. The average molecular weight is 494 g/mol. The van der Waals surface area contributed by atoms with Crippen LogP contribution in [0.4, 0.5) is 18.0 Å². The molecule has 2 aliphatic rings. The lowest BCUT2D eigenvalue weighted by Gasteiger charge is -2.14. The summed E-state index contributed by atoms with van der Waals surface area (Å²) in [5.41, 5.74) is 0.559. The van der Waals surface area contributed by atoms with E-state index in [1.54, 1.807) is 30.5 Å². The number of nitrogens with zero attached hydrogens (tertiary/aromatic N) is 3. The minimum absolute atomic E-state index is 0.00936. The number of fused-ring (bicyclic) bond motifs is 1. The minimum Gasteiger partial charge on any atom is -0.371 e. The summed E-state index contributed by atoms with van der Waals surface area (Å²) in [6.45, 7) is 0.706. The van der Waals surface area contributed by atoms with Crippen molar-refractivity contribution in [2.75, 3.05) is 13.2 Å². The maximum Gasteiger partial charge on any atom is 0.416 e. The molecule has 11 heteroatoms. The summed E-state index contributed by atoms with van der Waals surface area (Å²) in [6.07, 6.45) is -1.45. The highest BCUT2D eigenvalue weighted by Gasteiger charge is 2.39. The Morgan fingerprint density at radius 2 is 2.00 bits per heavy atom. The fraction of sp³-hybridized carbons (Fsp3) is 0.227. The number of alkyl halides is 3. The summed E-state index contributed by atoms with van der Waals surface area (Å²) in [5, 5.41) is 4.60. The SMILES string of the molecule is O=C1SC(=Cc2ccc3c(cnn3Cc3ccc(Cl)cc3C(F)(F)F)c2)C(=O)N1CC1CO1. The van der Waals surface area contributed by atoms with Gasteiger partial charge in [-0.15, -0.1) is 0 Å². The van der Waals surface area contributed by atoms with Crippen molar-refractivity contribution in [2.45, 2.75) is 18.8 Å². The number of imide groups is 1. The van der Waals surface area contributed by atoms with Crippen molar-refractivity contribution >= 4 is 51.5 Å². The van der Waals surface area contributed by atoms with Gasteiger partial charge in [0.15, 0.2) is 0 Å². The molecule has 1 aromatic heterocycles. The molecular formula is C22H15ClF3N3O3S. The summed E-state index contributed by atoms with van der Waals surface area (Å²) in [4.78, 5) is 26.1. The van der Waals surface area contributed by atoms with E-state index >= 15 is 0 Å². The number of hydrogen-bond acceptors (Lipinski definition) is 5. The van der Waals surface area contributed by atoms with Crippen molar-refractivity contribution in [1.82, 2.24) is 14.7 Å². The zero-order chi connectivity index (χ0) is 23.3. The highest BCUT2D eigenvalue weighted by Crippen LogP contribution is 2.35. The lowest BCUT2D eigenvalue weighted by atomic mass is 10.1. The number of carbonyl (C=O) groups is 2. The molecule has 5 rings (SSSR count). The molecule has 170 valence electrons. The first-order valence-electron chi connectivity index (χ1n) is 9.87. The molecule has 2 aliphatic heterocycles. The second-order valence-corrected chi connectivity index (χ2v) is 9.10. The van der Waals surface area contributed by atoms with Crippen LogP contribution in [0.25, 0.3) is 17.0 Å². The van der Waals surface area contributed by atoms with Gasteiger partial charge in [0, 0.05) is 10.4 Å². The number of rotatable bonds is 5. The third-order valence-corrected chi connectivity index (χ3v) is 6.47. The largest absolute Gasteiger partial charge is 0.416 e. The van der Waals surface area contributed by atoms with Crippen LogP contribution in [0.1, 0.15) is 16.7 Å². The van der Waals surface area contributed by atoms with Gasteiger partial charge in [-0.25, -0.2) is 0 Å². The lowest BCUT2D eigenvalue weighted by molar-refractivity contribution is -0.138. The van der Waals surface area contributed by atoms with Crippen LogP contribution < -0.4 is 0 Å². The summed E-state index contributed by atoms with van der Waals surface area (Å²) < 4.78 is 46.8. The van der Waals surface area contributed by atoms with Crippen LogP contribution in [-0.4, -0.2) is 45.1 Å². The summed E-state index contributed by atoms with van der Waals surface area (Å²) in [6, 6.07) is 8.88. The summed E-state index contributed by atoms with van der Waals surface area (Å²) in [5.74, 6) is -0.362. The van der Waals surface area contributed by atoms with Gasteiger partial charge in [0.25, 0.3) is 11.1 Å². The molecular weight excluding hydrogens is 479 g/mol. The molecule has 0 N–H and O–H groups in total. The van der Waals surface area contributed by atoms with E-state index in [-0.39, 0.29) is 40.9 Å². The number of epoxide rings is 1. The Kier molecular flexibility index (Phi) is 5.46. The van der Waals surface area contributed by atoms with Crippen LogP contribution in [0.2, 0.25) is 5.02 Å². The maximum atomic E-state index is 13.4. The molecule has 2 amide bonds. The molecule has 0 aliphatic carbocycles. The molecule has 33 heavy (non-hydrogen) atoms. The Morgan fingerprint density at radius 3 is 2.73 bits per heavy atom. The van der Waals surface area contributed by atoms with Gasteiger partial charge in [-0.05, 0) is 53.2 Å². The van der Waals surface area contributed by atoms with Gasteiger partial charge in [0.05, 0.1) is 48.0 Å². The van der Waals surface area contributed by atoms with Gasteiger partial charge >= 0.3 is 6.18 Å². The van der Waals surface area contributed by atoms with E-state index in [9.17, 15) is 22.8 Å². The number of benzene rings is 2. The Hall–Kier alpha value is -2.82. The smallest absolute Gasteiger partial charge is 0.371 e. The Balaban J connectivity index is 1.41. The number of hydrogen-bond donors (Lipinski definition) is 0. The van der Waals surface area contributed by atoms with Gasteiger partial charge in [0.1, 0.15) is 0 Å². The van der Waals surface area contributed by atoms with Crippen LogP contribution in [0.3, 0.4) is 0 Å². The zero-order valence-electron chi connectivity index (χ0n) is 16.8. The van der Waals surface area contributed by atoms with E-state index in [2.05, 4.69) is 5.10 Å². The Labute approximate surface area is 194 Å². The van der Waals surface area contributed by atoms with Crippen molar-refractivity contribution in [2.24, 2.45) is 0 Å². The molecule has 2 fully saturated rings. The van der Waals surface area contributed by atoms with Gasteiger partial charge in [0.2, 0.25) is 0 Å². The highest BCUT2D eigenvalue weighted by atomic mass is 35.5. The molecule has 2 saturated heterocycles. The molecule has 3 aromatic rings. The van der Waals surface area contributed by atoms with E-state index in [0.717, 1.165) is 17.8 Å². The van der Waals surface area contributed by atoms with Crippen LogP contribution in [0, 0.1) is 0 Å². The second-order valence-electron chi connectivity index (χ2n) is 7.67. The lowest BCUT2D eigenvalue weighted by Crippen LogP contribution is -2.31. The van der Waals surface area contributed by atoms with E-state index < -0.39 is 11.7 Å². The molecule has 0 spiro atoms. The summed E-state index contributed by atoms with van der Waals surface area (Å²) >= 11 is 6.63. The Bertz CT molecular complexity index is 1320. The topological polar surface area (TPSA) is 67.7 Å². The van der Waals surface area contributed by atoms with Crippen molar-refractivity contribution in [1.29, 1.82) is 0 Å². The van der Waals surface area contributed by atoms with E-state index in [0.29, 0.717) is 28.0 Å². The van der Waals surface area contributed by atoms with Crippen LogP contribution in [0.5, 0.6) is 0 Å². The molecule has 0 bridgehead atoms. The average Bonchev–Trinajstić information content (AvgIpc) is 3.44. The van der Waals surface area contributed by atoms with Crippen LogP contribution >= 0.6 is 23.4 Å². The van der Waals surface area contributed by atoms with Crippen molar-refractivity contribution in [3.8, 4) is 0 Å². The normalized spacial score (nSPS) is 19.8. The van der Waals surface area contributed by atoms with Crippen molar-refractivity contribution in [3.63, 3.8) is 0 Å². The third kappa shape index (κ3) is 4.50. The fourth-order valence-corrected chi connectivity index (χ4v) is 4.64. The van der Waals surface area contributed by atoms with Gasteiger partial charge in [-0.2, -0.15) is 18.3 Å². The first-order chi connectivity index (χ1) is 15.7. The van der Waals surface area contributed by atoms with E-state index in [1.807, 2.05) is 0 Å². The molecule has 2 aromatic carbocycles. The summed E-state index contributed by atoms with van der Waals surface area (Å²) in [7, 11) is 0. The predicted octanol–water partition coefficient (Wildman–Crippen LogP) is 5.19. The minimum atomic E-state index is -4.54. The zero-order valence-corrected chi connectivity index (χ0v) is 18.4. The number of aromatic nitrogens is 2. The molecule has 0 saturated carbocycles. The number of thioether (sulfide) groups is 1. The molecule has 3 heterocycles. The highest BCUT2D eigenvalue weighted by molar-refractivity contribution is 8.18. The number of ether oxygens (including phenoxy) is 1. The Morgan fingerprint density at radius 1 is 1.21 bits per heavy atom. The third-order valence-electron chi connectivity index (χ3n) is 5.32. The standard InChI is InChI=1S/C22H15ClF3N3O3S/c23-15-3-2-13(17(7-15)22(24,25)26)9-29-18-4-1-12(5-14(18)8-27-29)6-19-20(30)28(21(31)33-19)10-16-11-32-16/h1-8,16H,9-11H2. The van der Waals surface area contributed by atoms with E-state index in [4.69, 9.17) is 16.3 Å². The van der Waals surface area contributed by atoms with Crippen LogP contribution in [0.15, 0.2) is 47.5 Å². The molecule has 1 unspecified atom stereocenters. The molecule has 0 radical (unpaired) electrons. The number of halogens is 4. The number of carbonyl (C=O) groups excluding carboxylic acids is 2. The van der Waals surface area contributed by atoms with Crippen LogP contribution in [-0.2, 0) is 22.3 Å². The second kappa shape index (κ2) is 8.19. The molecule has 1 atom stereocenters. The van der Waals surface area contributed by atoms with Gasteiger partial charge in [-0.3, -0.25) is 19.2 Å². The molecule has 6 nitrogen and oxygen atoms in total.